The fourth-order valence-corrected chi connectivity index (χ4v) is 3.06. The van der Waals surface area contributed by atoms with E-state index < -0.39 is 15.8 Å². The average Bonchev–Trinajstić information content (AvgIpc) is 2.43. The Labute approximate surface area is 126 Å². The number of hydrogen-bond donors (Lipinski definition) is 2. The van der Waals surface area contributed by atoms with E-state index in [1.807, 2.05) is 6.92 Å². The highest BCUT2D eigenvalue weighted by Crippen LogP contribution is 2.20. The molecule has 0 amide bonds. The molecule has 0 aliphatic heterocycles. The van der Waals surface area contributed by atoms with Gasteiger partial charge in [0.1, 0.15) is 5.82 Å². The molecule has 0 heterocycles. The number of rotatable bonds is 8. The molecule has 0 aliphatic carbocycles. The molecule has 0 saturated heterocycles. The van der Waals surface area contributed by atoms with Crippen LogP contribution in [0, 0.1) is 12.7 Å². The van der Waals surface area contributed by atoms with Gasteiger partial charge in [-0.15, -0.1) is 0 Å². The van der Waals surface area contributed by atoms with Gasteiger partial charge in [-0.25, -0.2) is 17.5 Å². The van der Waals surface area contributed by atoms with Gasteiger partial charge < -0.3 is 10.6 Å². The predicted octanol–water partition coefficient (Wildman–Crippen LogP) is 1.73. The lowest BCUT2D eigenvalue weighted by molar-refractivity contribution is 0.293. The third kappa shape index (κ3) is 4.94. The average molecular weight is 317 g/mol. The van der Waals surface area contributed by atoms with Gasteiger partial charge in [-0.05, 0) is 38.6 Å². The lowest BCUT2D eigenvalue weighted by atomic mass is 10.2. The number of nitrogens with two attached hydrogens (primary N) is 1. The number of nitrogens with one attached hydrogen (secondary N) is 1. The third-order valence-corrected chi connectivity index (χ3v) is 4.82. The smallest absolute Gasteiger partial charge is 0.240 e. The minimum absolute atomic E-state index is 0.136. The van der Waals surface area contributed by atoms with E-state index >= 15 is 0 Å². The molecule has 0 aliphatic rings. The molecule has 0 fully saturated rings. The number of likely N-dealkylation sites (N-methyl/N-ethyl adjacent to an activating group) is 1. The first-order valence-electron chi connectivity index (χ1n) is 7.09. The van der Waals surface area contributed by atoms with E-state index in [-0.39, 0.29) is 22.7 Å². The molecule has 0 spiro atoms. The van der Waals surface area contributed by atoms with Gasteiger partial charge in [-0.3, -0.25) is 0 Å². The first-order chi connectivity index (χ1) is 9.81. The maximum atomic E-state index is 13.6. The quantitative estimate of drug-likeness (QED) is 0.716. The molecule has 1 aromatic rings. The van der Waals surface area contributed by atoms with Crippen molar-refractivity contribution in [3.63, 3.8) is 0 Å². The fourth-order valence-electron chi connectivity index (χ4n) is 2.00. The van der Waals surface area contributed by atoms with Crippen LogP contribution in [0.4, 0.5) is 10.1 Å². The predicted molar refractivity (Wildman–Crippen MR) is 83.1 cm³/mol. The van der Waals surface area contributed by atoms with Gasteiger partial charge in [0.2, 0.25) is 10.0 Å². The van der Waals surface area contributed by atoms with Crippen molar-refractivity contribution in [2.75, 3.05) is 31.9 Å². The Balaban J connectivity index is 2.74. The molecule has 0 unspecified atom stereocenters. The molecule has 0 atom stereocenters. The van der Waals surface area contributed by atoms with E-state index in [1.54, 1.807) is 0 Å². The molecule has 0 saturated carbocycles. The van der Waals surface area contributed by atoms with Crippen molar-refractivity contribution in [2.24, 2.45) is 0 Å². The number of nitrogen functional groups attached to an aromatic ring is 1. The van der Waals surface area contributed by atoms with Crippen molar-refractivity contribution in [2.45, 2.75) is 32.1 Å². The standard InChI is InChI=1S/C14H24FN3O2S/c1-4-7-18(5-2)8-6-17-21(19,20)12-9-13(15)11(3)14(16)10-12/h9-10,17H,4-8,16H2,1-3H3. The summed E-state index contributed by atoms with van der Waals surface area (Å²) in [7, 11) is -3.74. The molecule has 0 bridgehead atoms. The number of hydrogen-bond acceptors (Lipinski definition) is 4. The molecule has 21 heavy (non-hydrogen) atoms. The second-order valence-electron chi connectivity index (χ2n) is 4.95. The lowest BCUT2D eigenvalue weighted by Crippen LogP contribution is -2.35. The summed E-state index contributed by atoms with van der Waals surface area (Å²) in [6, 6.07) is 2.28. The monoisotopic (exact) mass is 317 g/mol. The summed E-state index contributed by atoms with van der Waals surface area (Å²) in [5, 5.41) is 0. The van der Waals surface area contributed by atoms with Crippen LogP contribution in [0.2, 0.25) is 0 Å². The number of benzene rings is 1. The van der Waals surface area contributed by atoms with E-state index in [4.69, 9.17) is 5.73 Å². The van der Waals surface area contributed by atoms with Crippen LogP contribution in [-0.2, 0) is 10.0 Å². The molecule has 0 radical (unpaired) electrons. The Hall–Kier alpha value is -1.18. The summed E-state index contributed by atoms with van der Waals surface area (Å²) in [5.74, 6) is -0.614. The number of nitrogens with zero attached hydrogens (tertiary/aromatic N) is 1. The van der Waals surface area contributed by atoms with Crippen molar-refractivity contribution in [1.29, 1.82) is 0 Å². The van der Waals surface area contributed by atoms with Gasteiger partial charge in [-0.2, -0.15) is 0 Å². The summed E-state index contributed by atoms with van der Waals surface area (Å²) in [5.41, 5.74) is 6.01. The zero-order valence-electron chi connectivity index (χ0n) is 12.8. The van der Waals surface area contributed by atoms with Crippen molar-refractivity contribution in [3.8, 4) is 0 Å². The van der Waals surface area contributed by atoms with Crippen LogP contribution in [0.1, 0.15) is 25.8 Å². The molecule has 0 aromatic heterocycles. The van der Waals surface area contributed by atoms with E-state index in [1.165, 1.54) is 13.0 Å². The topological polar surface area (TPSA) is 75.4 Å². The van der Waals surface area contributed by atoms with Crippen LogP contribution in [0.5, 0.6) is 0 Å². The van der Waals surface area contributed by atoms with E-state index in [2.05, 4.69) is 16.5 Å². The molecule has 120 valence electrons. The summed E-state index contributed by atoms with van der Waals surface area (Å²) < 4.78 is 40.3. The Morgan fingerprint density at radius 2 is 1.95 bits per heavy atom. The molecule has 1 rings (SSSR count). The van der Waals surface area contributed by atoms with Crippen LogP contribution in [0.3, 0.4) is 0 Å². The maximum Gasteiger partial charge on any atom is 0.240 e. The molecular formula is C14H24FN3O2S. The van der Waals surface area contributed by atoms with E-state index in [0.29, 0.717) is 6.54 Å². The zero-order valence-corrected chi connectivity index (χ0v) is 13.6. The lowest BCUT2D eigenvalue weighted by Gasteiger charge is -2.19. The minimum atomic E-state index is -3.74. The van der Waals surface area contributed by atoms with Crippen molar-refractivity contribution < 1.29 is 12.8 Å². The summed E-state index contributed by atoms with van der Waals surface area (Å²) in [4.78, 5) is 2.01. The second-order valence-corrected chi connectivity index (χ2v) is 6.72. The van der Waals surface area contributed by atoms with Gasteiger partial charge in [0, 0.05) is 24.3 Å². The molecule has 3 N–H and O–H groups in total. The van der Waals surface area contributed by atoms with E-state index in [9.17, 15) is 12.8 Å². The normalized spacial score (nSPS) is 12.0. The van der Waals surface area contributed by atoms with Crippen LogP contribution in [0.15, 0.2) is 17.0 Å². The highest BCUT2D eigenvalue weighted by molar-refractivity contribution is 7.89. The highest BCUT2D eigenvalue weighted by atomic mass is 32.2. The Kier molecular flexibility index (Phi) is 6.57. The number of halogens is 1. The molecule has 1 aromatic carbocycles. The van der Waals surface area contributed by atoms with Gasteiger partial charge >= 0.3 is 0 Å². The Morgan fingerprint density at radius 3 is 2.48 bits per heavy atom. The van der Waals surface area contributed by atoms with Gasteiger partial charge in [0.05, 0.1) is 4.90 Å². The number of anilines is 1. The second kappa shape index (κ2) is 7.72. The third-order valence-electron chi connectivity index (χ3n) is 3.38. The molecule has 7 heteroatoms. The summed E-state index contributed by atoms with van der Waals surface area (Å²) >= 11 is 0. The van der Waals surface area contributed by atoms with Crippen LogP contribution >= 0.6 is 0 Å². The minimum Gasteiger partial charge on any atom is -0.398 e. The van der Waals surface area contributed by atoms with Crippen molar-refractivity contribution in [3.05, 3.63) is 23.5 Å². The van der Waals surface area contributed by atoms with Crippen molar-refractivity contribution in [1.82, 2.24) is 9.62 Å². The summed E-state index contributed by atoms with van der Waals surface area (Å²) in [6.07, 6.45) is 1.01. The van der Waals surface area contributed by atoms with Gasteiger partial charge in [0.15, 0.2) is 0 Å². The molecule has 5 nitrogen and oxygen atoms in total. The van der Waals surface area contributed by atoms with Crippen LogP contribution in [-0.4, -0.2) is 39.5 Å². The van der Waals surface area contributed by atoms with Gasteiger partial charge in [0.25, 0.3) is 0 Å². The highest BCUT2D eigenvalue weighted by Gasteiger charge is 2.17. The zero-order chi connectivity index (χ0) is 16.0. The van der Waals surface area contributed by atoms with Gasteiger partial charge in [-0.1, -0.05) is 13.8 Å². The molecular weight excluding hydrogens is 293 g/mol. The first-order valence-corrected chi connectivity index (χ1v) is 8.57. The fraction of sp³-hybridized carbons (Fsp3) is 0.571. The number of sulfonamides is 1. The van der Waals surface area contributed by atoms with Crippen molar-refractivity contribution >= 4 is 15.7 Å². The summed E-state index contributed by atoms with van der Waals surface area (Å²) in [6.45, 7) is 8.30. The SMILES string of the molecule is CCCN(CC)CCNS(=O)(=O)c1cc(N)c(C)c(F)c1. The van der Waals surface area contributed by atoms with Crippen LogP contribution in [0.25, 0.3) is 0 Å². The van der Waals surface area contributed by atoms with E-state index in [0.717, 1.165) is 25.6 Å². The first kappa shape index (κ1) is 17.9. The Bertz CT molecular complexity index is 553. The Morgan fingerprint density at radius 1 is 1.29 bits per heavy atom. The maximum absolute atomic E-state index is 13.6. The van der Waals surface area contributed by atoms with Crippen LogP contribution < -0.4 is 10.5 Å². The largest absolute Gasteiger partial charge is 0.398 e.